The Hall–Kier alpha value is -0.970. The SMILES string of the molecule is COCCCN(C)C(CN)c1ccccn1. The van der Waals surface area contributed by atoms with E-state index in [0.29, 0.717) is 6.54 Å². The van der Waals surface area contributed by atoms with Gasteiger partial charge in [0.15, 0.2) is 0 Å². The number of likely N-dealkylation sites (N-methyl/N-ethyl adjacent to an activating group) is 1. The molecule has 1 aromatic rings. The summed E-state index contributed by atoms with van der Waals surface area (Å²) in [4.78, 5) is 6.57. The topological polar surface area (TPSA) is 51.4 Å². The Morgan fingerprint density at radius 2 is 2.31 bits per heavy atom. The van der Waals surface area contributed by atoms with E-state index < -0.39 is 0 Å². The molecule has 0 aliphatic rings. The Kier molecular flexibility index (Phi) is 6.00. The molecule has 1 aromatic heterocycles. The normalized spacial score (nSPS) is 13.0. The number of pyridine rings is 1. The van der Waals surface area contributed by atoms with E-state index >= 15 is 0 Å². The minimum Gasteiger partial charge on any atom is -0.385 e. The largest absolute Gasteiger partial charge is 0.385 e. The molecule has 0 saturated heterocycles. The number of methoxy groups -OCH3 is 1. The van der Waals surface area contributed by atoms with E-state index in [1.165, 1.54) is 0 Å². The van der Waals surface area contributed by atoms with Gasteiger partial charge in [-0.05, 0) is 25.6 Å². The summed E-state index contributed by atoms with van der Waals surface area (Å²) in [6, 6.07) is 6.12. The molecule has 4 nitrogen and oxygen atoms in total. The summed E-state index contributed by atoms with van der Waals surface area (Å²) in [6.45, 7) is 2.33. The Labute approximate surface area is 97.4 Å². The molecule has 0 aliphatic carbocycles. The third kappa shape index (κ3) is 3.89. The van der Waals surface area contributed by atoms with E-state index in [0.717, 1.165) is 25.3 Å². The monoisotopic (exact) mass is 223 g/mol. The van der Waals surface area contributed by atoms with Crippen LogP contribution >= 0.6 is 0 Å². The summed E-state index contributed by atoms with van der Waals surface area (Å²) in [5, 5.41) is 0. The lowest BCUT2D eigenvalue weighted by molar-refractivity contribution is 0.165. The van der Waals surface area contributed by atoms with Gasteiger partial charge in [0.05, 0.1) is 11.7 Å². The van der Waals surface area contributed by atoms with E-state index in [1.807, 2.05) is 18.2 Å². The fourth-order valence-electron chi connectivity index (χ4n) is 1.71. The number of aromatic nitrogens is 1. The maximum Gasteiger partial charge on any atom is 0.0642 e. The summed E-state index contributed by atoms with van der Waals surface area (Å²) in [7, 11) is 3.79. The summed E-state index contributed by atoms with van der Waals surface area (Å²) in [5.41, 5.74) is 6.83. The van der Waals surface area contributed by atoms with Crippen LogP contribution in [0.5, 0.6) is 0 Å². The molecule has 0 aromatic carbocycles. The summed E-state index contributed by atoms with van der Waals surface area (Å²) < 4.78 is 5.04. The highest BCUT2D eigenvalue weighted by molar-refractivity contribution is 5.09. The van der Waals surface area contributed by atoms with Crippen molar-refractivity contribution in [3.05, 3.63) is 30.1 Å². The number of hydrogen-bond donors (Lipinski definition) is 1. The fraction of sp³-hybridized carbons (Fsp3) is 0.583. The van der Waals surface area contributed by atoms with E-state index in [-0.39, 0.29) is 6.04 Å². The maximum absolute atomic E-state index is 5.80. The second-order valence-electron chi connectivity index (χ2n) is 3.83. The second-order valence-corrected chi connectivity index (χ2v) is 3.83. The van der Waals surface area contributed by atoms with Crippen LogP contribution in [0.1, 0.15) is 18.2 Å². The predicted molar refractivity (Wildman–Crippen MR) is 65.2 cm³/mol. The first-order chi connectivity index (χ1) is 7.79. The van der Waals surface area contributed by atoms with E-state index in [1.54, 1.807) is 13.3 Å². The van der Waals surface area contributed by atoms with Crippen LogP contribution in [0.4, 0.5) is 0 Å². The zero-order valence-corrected chi connectivity index (χ0v) is 10.1. The van der Waals surface area contributed by atoms with Gasteiger partial charge in [0.25, 0.3) is 0 Å². The van der Waals surface area contributed by atoms with Crippen LogP contribution in [0, 0.1) is 0 Å². The first kappa shape index (κ1) is 13.1. The minimum absolute atomic E-state index is 0.193. The summed E-state index contributed by atoms with van der Waals surface area (Å²) in [5.74, 6) is 0. The van der Waals surface area contributed by atoms with Crippen LogP contribution in [0.25, 0.3) is 0 Å². The molecular weight excluding hydrogens is 202 g/mol. The van der Waals surface area contributed by atoms with Gasteiger partial charge >= 0.3 is 0 Å². The quantitative estimate of drug-likeness (QED) is 0.702. The average molecular weight is 223 g/mol. The first-order valence-electron chi connectivity index (χ1n) is 5.59. The summed E-state index contributed by atoms with van der Waals surface area (Å²) >= 11 is 0. The zero-order valence-electron chi connectivity index (χ0n) is 10.1. The van der Waals surface area contributed by atoms with E-state index in [9.17, 15) is 0 Å². The van der Waals surface area contributed by atoms with Gasteiger partial charge in [-0.3, -0.25) is 9.88 Å². The third-order valence-electron chi connectivity index (χ3n) is 2.64. The molecule has 1 heterocycles. The van der Waals surface area contributed by atoms with Gasteiger partial charge < -0.3 is 10.5 Å². The van der Waals surface area contributed by atoms with Crippen molar-refractivity contribution in [1.82, 2.24) is 9.88 Å². The molecule has 0 spiro atoms. The van der Waals surface area contributed by atoms with Gasteiger partial charge in [-0.1, -0.05) is 6.07 Å². The maximum atomic E-state index is 5.80. The lowest BCUT2D eigenvalue weighted by Crippen LogP contribution is -2.32. The molecule has 0 fully saturated rings. The highest BCUT2D eigenvalue weighted by Gasteiger charge is 2.15. The molecule has 0 aliphatic heterocycles. The van der Waals surface area contributed by atoms with Gasteiger partial charge in [-0.2, -0.15) is 0 Å². The Bertz CT molecular complexity index is 279. The highest BCUT2D eigenvalue weighted by Crippen LogP contribution is 2.15. The molecule has 0 amide bonds. The van der Waals surface area contributed by atoms with Crippen LogP contribution in [-0.4, -0.2) is 43.7 Å². The van der Waals surface area contributed by atoms with Crippen molar-refractivity contribution >= 4 is 0 Å². The number of rotatable bonds is 7. The number of nitrogens with two attached hydrogens (primary N) is 1. The molecule has 1 atom stereocenters. The first-order valence-corrected chi connectivity index (χ1v) is 5.59. The van der Waals surface area contributed by atoms with E-state index in [2.05, 4.69) is 16.9 Å². The van der Waals surface area contributed by atoms with Crippen LogP contribution in [0.2, 0.25) is 0 Å². The van der Waals surface area contributed by atoms with Crippen LogP contribution in [0.3, 0.4) is 0 Å². The van der Waals surface area contributed by atoms with Gasteiger partial charge in [0.2, 0.25) is 0 Å². The molecular formula is C12H21N3O. The van der Waals surface area contributed by atoms with E-state index in [4.69, 9.17) is 10.5 Å². The standard InChI is InChI=1S/C12H21N3O/c1-15(8-5-9-16-2)12(10-13)11-6-3-4-7-14-11/h3-4,6-7,12H,5,8-10,13H2,1-2H3. The molecule has 4 heteroatoms. The minimum atomic E-state index is 0.193. The zero-order chi connectivity index (χ0) is 11.8. The molecule has 0 radical (unpaired) electrons. The van der Waals surface area contributed by atoms with Gasteiger partial charge in [0, 0.05) is 33.0 Å². The molecule has 1 rings (SSSR count). The number of hydrogen-bond acceptors (Lipinski definition) is 4. The highest BCUT2D eigenvalue weighted by atomic mass is 16.5. The van der Waals surface area contributed by atoms with Crippen molar-refractivity contribution in [1.29, 1.82) is 0 Å². The van der Waals surface area contributed by atoms with Crippen molar-refractivity contribution in [2.45, 2.75) is 12.5 Å². The lowest BCUT2D eigenvalue weighted by atomic mass is 10.1. The fourth-order valence-corrected chi connectivity index (χ4v) is 1.71. The smallest absolute Gasteiger partial charge is 0.0642 e. The molecule has 2 N–H and O–H groups in total. The van der Waals surface area contributed by atoms with Crippen molar-refractivity contribution in [3.63, 3.8) is 0 Å². The molecule has 1 unspecified atom stereocenters. The van der Waals surface area contributed by atoms with Crippen LogP contribution < -0.4 is 5.73 Å². The lowest BCUT2D eigenvalue weighted by Gasteiger charge is -2.26. The number of ether oxygens (including phenoxy) is 1. The molecule has 0 saturated carbocycles. The average Bonchev–Trinajstić information content (AvgIpc) is 2.32. The van der Waals surface area contributed by atoms with Crippen molar-refractivity contribution in [2.24, 2.45) is 5.73 Å². The Balaban J connectivity index is 2.53. The Morgan fingerprint density at radius 3 is 2.88 bits per heavy atom. The van der Waals surface area contributed by atoms with Crippen molar-refractivity contribution in [3.8, 4) is 0 Å². The Morgan fingerprint density at radius 1 is 1.50 bits per heavy atom. The molecule has 16 heavy (non-hydrogen) atoms. The second kappa shape index (κ2) is 7.33. The predicted octanol–water partition coefficient (Wildman–Crippen LogP) is 1.05. The van der Waals surface area contributed by atoms with Crippen molar-refractivity contribution in [2.75, 3.05) is 33.9 Å². The van der Waals surface area contributed by atoms with Gasteiger partial charge in [-0.15, -0.1) is 0 Å². The van der Waals surface area contributed by atoms with Crippen molar-refractivity contribution < 1.29 is 4.74 Å². The van der Waals surface area contributed by atoms with Gasteiger partial charge in [-0.25, -0.2) is 0 Å². The molecule has 90 valence electrons. The van der Waals surface area contributed by atoms with Gasteiger partial charge in [0.1, 0.15) is 0 Å². The molecule has 0 bridgehead atoms. The third-order valence-corrected chi connectivity index (χ3v) is 2.64. The van der Waals surface area contributed by atoms with Crippen LogP contribution in [0.15, 0.2) is 24.4 Å². The number of nitrogens with zero attached hydrogens (tertiary/aromatic N) is 2. The summed E-state index contributed by atoms with van der Waals surface area (Å²) in [6.07, 6.45) is 2.82. The van der Waals surface area contributed by atoms with Crippen LogP contribution in [-0.2, 0) is 4.74 Å².